The highest BCUT2D eigenvalue weighted by Gasteiger charge is 2.01. The number of hydrogen-bond donors (Lipinski definition) is 0. The zero-order valence-electron chi connectivity index (χ0n) is 11.7. The Balaban J connectivity index is 0.000000861. The van der Waals surface area contributed by atoms with Crippen LogP contribution in [0, 0.1) is 12.7 Å². The molecule has 0 amide bonds. The average molecular weight is 261 g/mol. The van der Waals surface area contributed by atoms with Gasteiger partial charge in [0.25, 0.3) is 0 Å². The lowest BCUT2D eigenvalue weighted by molar-refractivity contribution is 0.307. The molecule has 3 heteroatoms. The molecule has 2 aromatic rings. The SMILES string of the molecule is CC.Cc1ccnc(OCCc2ccccc2F)c1. The lowest BCUT2D eigenvalue weighted by Crippen LogP contribution is -2.04. The molecule has 0 radical (unpaired) electrons. The number of nitrogens with zero attached hydrogens (tertiary/aromatic N) is 1. The first kappa shape index (κ1) is 15.2. The quantitative estimate of drug-likeness (QED) is 0.823. The lowest BCUT2D eigenvalue weighted by atomic mass is 10.1. The van der Waals surface area contributed by atoms with Crippen LogP contribution in [0.5, 0.6) is 5.88 Å². The number of benzene rings is 1. The predicted octanol–water partition coefficient (Wildman–Crippen LogP) is 4.18. The van der Waals surface area contributed by atoms with Gasteiger partial charge in [-0.2, -0.15) is 0 Å². The van der Waals surface area contributed by atoms with Gasteiger partial charge < -0.3 is 4.74 Å². The summed E-state index contributed by atoms with van der Waals surface area (Å²) in [6.45, 7) is 6.41. The maximum absolute atomic E-state index is 13.3. The Morgan fingerprint density at radius 3 is 2.58 bits per heavy atom. The Hall–Kier alpha value is -1.90. The van der Waals surface area contributed by atoms with Gasteiger partial charge in [0.15, 0.2) is 0 Å². The van der Waals surface area contributed by atoms with Gasteiger partial charge in [0.05, 0.1) is 6.61 Å². The maximum atomic E-state index is 13.3. The number of rotatable bonds is 4. The van der Waals surface area contributed by atoms with Crippen molar-refractivity contribution in [1.29, 1.82) is 0 Å². The van der Waals surface area contributed by atoms with E-state index in [0.29, 0.717) is 24.5 Å². The first-order valence-corrected chi connectivity index (χ1v) is 6.54. The van der Waals surface area contributed by atoms with Gasteiger partial charge >= 0.3 is 0 Å². The van der Waals surface area contributed by atoms with Gasteiger partial charge in [-0.1, -0.05) is 32.0 Å². The van der Waals surface area contributed by atoms with E-state index in [4.69, 9.17) is 4.74 Å². The van der Waals surface area contributed by atoms with E-state index in [-0.39, 0.29) is 5.82 Å². The highest BCUT2D eigenvalue weighted by molar-refractivity contribution is 5.20. The smallest absolute Gasteiger partial charge is 0.213 e. The molecule has 0 spiro atoms. The van der Waals surface area contributed by atoms with Gasteiger partial charge in [-0.15, -0.1) is 0 Å². The van der Waals surface area contributed by atoms with Crippen LogP contribution in [-0.2, 0) is 6.42 Å². The molecule has 0 N–H and O–H groups in total. The summed E-state index contributed by atoms with van der Waals surface area (Å²) in [6.07, 6.45) is 2.25. The Morgan fingerprint density at radius 1 is 1.16 bits per heavy atom. The molecule has 0 bridgehead atoms. The van der Waals surface area contributed by atoms with Crippen LogP contribution in [0.25, 0.3) is 0 Å². The standard InChI is InChI=1S/C14H14FNO.C2H6/c1-11-6-8-16-14(10-11)17-9-7-12-4-2-3-5-13(12)15;1-2/h2-6,8,10H,7,9H2,1H3;1-2H3. The molecule has 102 valence electrons. The van der Waals surface area contributed by atoms with Crippen LogP contribution < -0.4 is 4.74 Å². The minimum atomic E-state index is -0.187. The fourth-order valence-corrected chi connectivity index (χ4v) is 1.55. The molecular formula is C16H20FNO. The van der Waals surface area contributed by atoms with Crippen molar-refractivity contribution < 1.29 is 9.13 Å². The van der Waals surface area contributed by atoms with Gasteiger partial charge in [0.2, 0.25) is 5.88 Å². The van der Waals surface area contributed by atoms with Crippen LogP contribution in [0.4, 0.5) is 4.39 Å². The van der Waals surface area contributed by atoms with Crippen LogP contribution in [0.3, 0.4) is 0 Å². The van der Waals surface area contributed by atoms with E-state index in [0.717, 1.165) is 5.56 Å². The van der Waals surface area contributed by atoms with Crippen molar-refractivity contribution in [2.75, 3.05) is 6.61 Å². The third kappa shape index (κ3) is 5.08. The molecule has 0 unspecified atom stereocenters. The Labute approximate surface area is 114 Å². The van der Waals surface area contributed by atoms with Crippen LogP contribution in [0.15, 0.2) is 42.6 Å². The molecule has 0 saturated carbocycles. The summed E-state index contributed by atoms with van der Waals surface area (Å²) >= 11 is 0. The first-order chi connectivity index (χ1) is 9.25. The molecule has 0 fully saturated rings. The van der Waals surface area contributed by atoms with Crippen molar-refractivity contribution in [1.82, 2.24) is 4.98 Å². The number of aryl methyl sites for hydroxylation is 1. The van der Waals surface area contributed by atoms with Crippen LogP contribution in [-0.4, -0.2) is 11.6 Å². The van der Waals surface area contributed by atoms with Gasteiger partial charge in [-0.3, -0.25) is 0 Å². The topological polar surface area (TPSA) is 22.1 Å². The molecule has 0 aliphatic carbocycles. The number of ether oxygens (including phenoxy) is 1. The highest BCUT2D eigenvalue weighted by Crippen LogP contribution is 2.10. The summed E-state index contributed by atoms with van der Waals surface area (Å²) in [5.41, 5.74) is 1.76. The summed E-state index contributed by atoms with van der Waals surface area (Å²) in [7, 11) is 0. The second-order valence-electron chi connectivity index (χ2n) is 3.86. The predicted molar refractivity (Wildman–Crippen MR) is 75.9 cm³/mol. The first-order valence-electron chi connectivity index (χ1n) is 6.54. The molecule has 2 rings (SSSR count). The maximum Gasteiger partial charge on any atom is 0.213 e. The molecule has 0 saturated heterocycles. The molecule has 0 aliphatic heterocycles. The summed E-state index contributed by atoms with van der Waals surface area (Å²) in [5, 5.41) is 0. The van der Waals surface area contributed by atoms with E-state index in [9.17, 15) is 4.39 Å². The Morgan fingerprint density at radius 2 is 1.89 bits per heavy atom. The summed E-state index contributed by atoms with van der Waals surface area (Å²) in [6, 6.07) is 10.5. The monoisotopic (exact) mass is 261 g/mol. The molecule has 1 heterocycles. The van der Waals surface area contributed by atoms with Gasteiger partial charge in [0.1, 0.15) is 5.82 Å². The third-order valence-electron chi connectivity index (χ3n) is 2.47. The summed E-state index contributed by atoms with van der Waals surface area (Å²) < 4.78 is 18.8. The average Bonchev–Trinajstić information content (AvgIpc) is 2.43. The fraction of sp³-hybridized carbons (Fsp3) is 0.312. The zero-order valence-corrected chi connectivity index (χ0v) is 11.7. The Kier molecular flexibility index (Phi) is 6.58. The molecular weight excluding hydrogens is 241 g/mol. The van der Waals surface area contributed by atoms with Crippen LogP contribution >= 0.6 is 0 Å². The number of halogens is 1. The van der Waals surface area contributed by atoms with Gasteiger partial charge in [0, 0.05) is 18.7 Å². The van der Waals surface area contributed by atoms with Crippen molar-refractivity contribution >= 4 is 0 Å². The lowest BCUT2D eigenvalue weighted by Gasteiger charge is -2.06. The van der Waals surface area contributed by atoms with Crippen LogP contribution in [0.2, 0.25) is 0 Å². The van der Waals surface area contributed by atoms with E-state index in [1.807, 2.05) is 39.0 Å². The second kappa shape index (κ2) is 8.25. The second-order valence-corrected chi connectivity index (χ2v) is 3.86. The summed E-state index contributed by atoms with van der Waals surface area (Å²) in [4.78, 5) is 4.08. The van der Waals surface area contributed by atoms with Gasteiger partial charge in [-0.25, -0.2) is 9.37 Å². The number of hydrogen-bond acceptors (Lipinski definition) is 2. The van der Waals surface area contributed by atoms with Crippen molar-refractivity contribution in [2.45, 2.75) is 27.2 Å². The molecule has 19 heavy (non-hydrogen) atoms. The molecule has 1 aromatic heterocycles. The normalized spacial score (nSPS) is 9.47. The number of aromatic nitrogens is 1. The Bertz CT molecular complexity index is 500. The van der Waals surface area contributed by atoms with E-state index >= 15 is 0 Å². The molecule has 0 aliphatic rings. The highest BCUT2D eigenvalue weighted by atomic mass is 19.1. The fourth-order valence-electron chi connectivity index (χ4n) is 1.55. The summed E-state index contributed by atoms with van der Waals surface area (Å²) in [5.74, 6) is 0.398. The molecule has 1 aromatic carbocycles. The van der Waals surface area contributed by atoms with E-state index < -0.39 is 0 Å². The van der Waals surface area contributed by atoms with Crippen molar-refractivity contribution in [3.8, 4) is 5.88 Å². The minimum Gasteiger partial charge on any atom is -0.477 e. The van der Waals surface area contributed by atoms with Crippen molar-refractivity contribution in [2.24, 2.45) is 0 Å². The minimum absolute atomic E-state index is 0.187. The van der Waals surface area contributed by atoms with E-state index in [1.54, 1.807) is 18.3 Å². The van der Waals surface area contributed by atoms with Gasteiger partial charge in [-0.05, 0) is 30.2 Å². The van der Waals surface area contributed by atoms with E-state index in [2.05, 4.69) is 4.98 Å². The molecule has 0 atom stereocenters. The molecule has 2 nitrogen and oxygen atoms in total. The van der Waals surface area contributed by atoms with Crippen molar-refractivity contribution in [3.63, 3.8) is 0 Å². The number of pyridine rings is 1. The van der Waals surface area contributed by atoms with Crippen LogP contribution in [0.1, 0.15) is 25.0 Å². The zero-order chi connectivity index (χ0) is 14.1. The third-order valence-corrected chi connectivity index (χ3v) is 2.47. The largest absolute Gasteiger partial charge is 0.477 e. The van der Waals surface area contributed by atoms with E-state index in [1.165, 1.54) is 6.07 Å². The van der Waals surface area contributed by atoms with Crippen molar-refractivity contribution in [3.05, 3.63) is 59.5 Å².